The van der Waals surface area contributed by atoms with E-state index in [1.807, 2.05) is 6.92 Å². The number of amides is 2. The molecule has 134 valence electrons. The quantitative estimate of drug-likeness (QED) is 0.774. The Bertz CT molecular complexity index is 577. The molecule has 0 bridgehead atoms. The summed E-state index contributed by atoms with van der Waals surface area (Å²) in [7, 11) is 1.60. The van der Waals surface area contributed by atoms with E-state index in [2.05, 4.69) is 29.4 Å². The van der Waals surface area contributed by atoms with Gasteiger partial charge in [0.1, 0.15) is 5.01 Å². The van der Waals surface area contributed by atoms with Crippen molar-refractivity contribution in [2.24, 2.45) is 5.92 Å². The van der Waals surface area contributed by atoms with Crippen LogP contribution in [-0.2, 0) is 14.3 Å². The Morgan fingerprint density at radius 2 is 2.21 bits per heavy atom. The molecule has 1 aliphatic rings. The fraction of sp³-hybridized carbons (Fsp3) is 0.750. The Kier molecular flexibility index (Phi) is 6.68. The summed E-state index contributed by atoms with van der Waals surface area (Å²) in [5.41, 5.74) is 0. The van der Waals surface area contributed by atoms with Gasteiger partial charge < -0.3 is 15.0 Å². The van der Waals surface area contributed by atoms with E-state index in [1.165, 1.54) is 11.3 Å². The zero-order chi connectivity index (χ0) is 17.7. The first-order valence-corrected chi connectivity index (χ1v) is 9.20. The molecule has 0 unspecified atom stereocenters. The number of rotatable bonds is 8. The van der Waals surface area contributed by atoms with Crippen molar-refractivity contribution >= 4 is 28.3 Å². The lowest BCUT2D eigenvalue weighted by Crippen LogP contribution is -2.38. The molecular formula is C16H26N4O3S. The third kappa shape index (κ3) is 4.51. The van der Waals surface area contributed by atoms with Crippen LogP contribution in [0.25, 0.3) is 0 Å². The first-order valence-electron chi connectivity index (χ1n) is 8.38. The van der Waals surface area contributed by atoms with E-state index < -0.39 is 0 Å². The van der Waals surface area contributed by atoms with Crippen molar-refractivity contribution in [3.05, 3.63) is 5.01 Å². The number of likely N-dealkylation sites (tertiary alicyclic amines) is 1. The van der Waals surface area contributed by atoms with E-state index >= 15 is 0 Å². The minimum Gasteiger partial charge on any atom is -0.383 e. The van der Waals surface area contributed by atoms with E-state index in [0.29, 0.717) is 24.2 Å². The molecule has 2 heterocycles. The van der Waals surface area contributed by atoms with Gasteiger partial charge >= 0.3 is 0 Å². The van der Waals surface area contributed by atoms with Gasteiger partial charge in [0.05, 0.1) is 18.6 Å². The summed E-state index contributed by atoms with van der Waals surface area (Å²) in [5.74, 6) is -0.177. The molecule has 7 nitrogen and oxygen atoms in total. The number of carbonyl (C=O) groups excluding carboxylic acids is 2. The van der Waals surface area contributed by atoms with Crippen molar-refractivity contribution in [2.45, 2.75) is 52.0 Å². The first-order chi connectivity index (χ1) is 11.5. The lowest BCUT2D eigenvalue weighted by atomic mass is 10.1. The van der Waals surface area contributed by atoms with Gasteiger partial charge in [-0.15, -0.1) is 10.2 Å². The van der Waals surface area contributed by atoms with Gasteiger partial charge in [0.25, 0.3) is 0 Å². The average molecular weight is 354 g/mol. The lowest BCUT2D eigenvalue weighted by molar-refractivity contribution is -0.130. The molecule has 1 aromatic rings. The van der Waals surface area contributed by atoms with Crippen LogP contribution in [0.5, 0.6) is 0 Å². The summed E-state index contributed by atoms with van der Waals surface area (Å²) in [6.07, 6.45) is 2.37. The molecule has 0 aliphatic carbocycles. The van der Waals surface area contributed by atoms with Gasteiger partial charge in [-0.25, -0.2) is 0 Å². The van der Waals surface area contributed by atoms with Gasteiger partial charge in [0.15, 0.2) is 0 Å². The van der Waals surface area contributed by atoms with Gasteiger partial charge in [0, 0.05) is 26.0 Å². The second-order valence-electron chi connectivity index (χ2n) is 6.38. The van der Waals surface area contributed by atoms with Crippen LogP contribution in [0.1, 0.15) is 51.0 Å². The number of nitrogens with zero attached hydrogens (tertiary/aromatic N) is 3. The highest BCUT2D eigenvalue weighted by atomic mass is 32.1. The second kappa shape index (κ2) is 8.53. The van der Waals surface area contributed by atoms with E-state index in [0.717, 1.165) is 17.8 Å². The topological polar surface area (TPSA) is 84.4 Å². The number of anilines is 1. The van der Waals surface area contributed by atoms with Crippen LogP contribution in [0.3, 0.4) is 0 Å². The summed E-state index contributed by atoms with van der Waals surface area (Å²) < 4.78 is 5.09. The van der Waals surface area contributed by atoms with Crippen LogP contribution in [0.2, 0.25) is 0 Å². The molecule has 1 aromatic heterocycles. The Morgan fingerprint density at radius 3 is 2.88 bits per heavy atom. The number of hydrogen-bond acceptors (Lipinski definition) is 6. The molecule has 0 aromatic carbocycles. The third-order valence-corrected chi connectivity index (χ3v) is 5.35. The molecule has 1 N–H and O–H groups in total. The van der Waals surface area contributed by atoms with E-state index in [-0.39, 0.29) is 30.2 Å². The molecular weight excluding hydrogens is 328 g/mol. The predicted octanol–water partition coefficient (Wildman–Crippen LogP) is 2.26. The van der Waals surface area contributed by atoms with Crippen LogP contribution < -0.4 is 5.32 Å². The van der Waals surface area contributed by atoms with Gasteiger partial charge in [0.2, 0.25) is 16.9 Å². The summed E-state index contributed by atoms with van der Waals surface area (Å²) >= 11 is 1.41. The minimum atomic E-state index is -0.350. The van der Waals surface area contributed by atoms with Crippen molar-refractivity contribution in [3.8, 4) is 0 Å². The largest absolute Gasteiger partial charge is 0.383 e. The molecule has 2 amide bonds. The minimum absolute atomic E-state index is 0.00535. The Morgan fingerprint density at radius 1 is 1.46 bits per heavy atom. The zero-order valence-electron chi connectivity index (χ0n) is 14.7. The van der Waals surface area contributed by atoms with E-state index in [1.54, 1.807) is 12.0 Å². The van der Waals surface area contributed by atoms with Gasteiger partial charge in [-0.3, -0.25) is 9.59 Å². The zero-order valence-corrected chi connectivity index (χ0v) is 15.6. The molecule has 1 aliphatic heterocycles. The van der Waals surface area contributed by atoms with Crippen LogP contribution in [0.4, 0.5) is 5.13 Å². The predicted molar refractivity (Wildman–Crippen MR) is 93.0 cm³/mol. The summed E-state index contributed by atoms with van der Waals surface area (Å²) in [4.78, 5) is 26.2. The van der Waals surface area contributed by atoms with Crippen LogP contribution in [0.15, 0.2) is 0 Å². The van der Waals surface area contributed by atoms with Gasteiger partial charge in [-0.05, 0) is 13.3 Å². The maximum atomic E-state index is 12.4. The van der Waals surface area contributed by atoms with Crippen LogP contribution in [-0.4, -0.2) is 53.2 Å². The molecule has 1 fully saturated rings. The summed E-state index contributed by atoms with van der Waals surface area (Å²) in [6.45, 7) is 7.06. The lowest BCUT2D eigenvalue weighted by Gasteiger charge is -2.23. The Labute approximate surface area is 146 Å². The standard InChI is InChI=1S/C16H26N4O3S/c1-5-6-10(2)15-18-19-16(24-15)17-14(22)12-7-13(21)20(8-12)11(3)9-23-4/h10-12H,5-9H2,1-4H3,(H,17,19,22)/t10-,11+,12-/m0/s1. The molecule has 0 radical (unpaired) electrons. The first kappa shape index (κ1) is 18.8. The average Bonchev–Trinajstić information content (AvgIpc) is 3.14. The monoisotopic (exact) mass is 354 g/mol. The normalized spacial score (nSPS) is 20.2. The summed E-state index contributed by atoms with van der Waals surface area (Å²) in [6, 6.07) is -0.0247. The highest BCUT2D eigenvalue weighted by Crippen LogP contribution is 2.27. The van der Waals surface area contributed by atoms with Crippen molar-refractivity contribution in [2.75, 3.05) is 25.6 Å². The fourth-order valence-electron chi connectivity index (χ4n) is 2.91. The fourth-order valence-corrected chi connectivity index (χ4v) is 3.74. The molecule has 0 saturated carbocycles. The number of aromatic nitrogens is 2. The SMILES string of the molecule is CCC[C@H](C)c1nnc(NC(=O)[C@H]2CC(=O)N([C@H](C)COC)C2)s1. The number of ether oxygens (including phenoxy) is 1. The van der Waals surface area contributed by atoms with E-state index in [9.17, 15) is 9.59 Å². The van der Waals surface area contributed by atoms with Crippen LogP contribution >= 0.6 is 11.3 Å². The highest BCUT2D eigenvalue weighted by Gasteiger charge is 2.36. The Balaban J connectivity index is 1.92. The molecule has 0 spiro atoms. The second-order valence-corrected chi connectivity index (χ2v) is 7.39. The third-order valence-electron chi connectivity index (χ3n) is 4.28. The smallest absolute Gasteiger partial charge is 0.231 e. The number of carbonyl (C=O) groups is 2. The maximum absolute atomic E-state index is 12.4. The Hall–Kier alpha value is -1.54. The maximum Gasteiger partial charge on any atom is 0.231 e. The van der Waals surface area contributed by atoms with Gasteiger partial charge in [-0.1, -0.05) is 31.6 Å². The van der Waals surface area contributed by atoms with Crippen molar-refractivity contribution in [1.82, 2.24) is 15.1 Å². The summed E-state index contributed by atoms with van der Waals surface area (Å²) in [5, 5.41) is 12.5. The molecule has 8 heteroatoms. The number of methoxy groups -OCH3 is 1. The van der Waals surface area contributed by atoms with Crippen LogP contribution in [0, 0.1) is 5.92 Å². The number of nitrogens with one attached hydrogen (secondary N) is 1. The van der Waals surface area contributed by atoms with Crippen molar-refractivity contribution < 1.29 is 14.3 Å². The van der Waals surface area contributed by atoms with Gasteiger partial charge in [-0.2, -0.15) is 0 Å². The van der Waals surface area contributed by atoms with Crippen molar-refractivity contribution in [3.63, 3.8) is 0 Å². The van der Waals surface area contributed by atoms with E-state index in [4.69, 9.17) is 4.74 Å². The highest BCUT2D eigenvalue weighted by molar-refractivity contribution is 7.15. The molecule has 24 heavy (non-hydrogen) atoms. The molecule has 1 saturated heterocycles. The molecule has 2 rings (SSSR count). The van der Waals surface area contributed by atoms with Crippen molar-refractivity contribution in [1.29, 1.82) is 0 Å². The number of hydrogen-bond donors (Lipinski definition) is 1. The molecule has 3 atom stereocenters.